The number of hydrogen-bond donors (Lipinski definition) is 1. The third kappa shape index (κ3) is 2.49. The van der Waals surface area contributed by atoms with Crippen LogP contribution >= 0.6 is 8.69 Å². The fourth-order valence-corrected chi connectivity index (χ4v) is 1.51. The van der Waals surface area contributed by atoms with E-state index in [1.54, 1.807) is 0 Å². The van der Waals surface area contributed by atoms with E-state index >= 15 is 0 Å². The minimum absolute atomic E-state index is 0.295. The van der Waals surface area contributed by atoms with Crippen molar-refractivity contribution in [1.29, 1.82) is 0 Å². The fourth-order valence-electron chi connectivity index (χ4n) is 1.14. The summed E-state index contributed by atoms with van der Waals surface area (Å²) in [6.07, 6.45) is 3.58. The van der Waals surface area contributed by atoms with Crippen molar-refractivity contribution in [3.8, 4) is 0 Å². The van der Waals surface area contributed by atoms with Gasteiger partial charge in [0.25, 0.3) is 0 Å². The summed E-state index contributed by atoms with van der Waals surface area (Å²) >= 11 is 0. The van der Waals surface area contributed by atoms with E-state index in [4.69, 9.17) is 15.0 Å². The molecule has 0 amide bonds. The topological polar surface area (TPSA) is 61.6 Å². The van der Waals surface area contributed by atoms with Gasteiger partial charge in [0.05, 0.1) is 6.61 Å². The van der Waals surface area contributed by atoms with E-state index in [2.05, 4.69) is 0 Å². The second-order valence-corrected chi connectivity index (χ2v) is 3.25. The van der Waals surface area contributed by atoms with Crippen LogP contribution in [0.25, 0.3) is 0 Å². The molecule has 0 aromatic rings. The van der Waals surface area contributed by atoms with E-state index in [9.17, 15) is 4.57 Å². The monoisotopic (exact) mass is 191 g/mol. The Morgan fingerprint density at radius 2 is 2.25 bits per heavy atom. The van der Waals surface area contributed by atoms with Crippen LogP contribution in [0.3, 0.4) is 0 Å². The quantitative estimate of drug-likeness (QED) is 0.392. The Hall–Kier alpha value is -0.0200. The first-order chi connectivity index (χ1) is 5.83. The summed E-state index contributed by atoms with van der Waals surface area (Å²) in [6.45, 7) is 1.21. The lowest BCUT2D eigenvalue weighted by Gasteiger charge is -2.38. The highest BCUT2D eigenvalue weighted by atomic mass is 31.1. The van der Waals surface area contributed by atoms with Crippen LogP contribution in [-0.2, 0) is 13.8 Å². The Morgan fingerprint density at radius 3 is 2.67 bits per heavy atom. The minimum Gasteiger partial charge on any atom is -0.349 e. The van der Waals surface area contributed by atoms with E-state index in [1.165, 1.54) is 0 Å². The lowest BCUT2D eigenvalue weighted by molar-refractivity contribution is -0.223. The van der Waals surface area contributed by atoms with Crippen LogP contribution in [-0.4, -0.2) is 18.9 Å². The zero-order valence-corrected chi connectivity index (χ0v) is 7.89. The van der Waals surface area contributed by atoms with Crippen LogP contribution in [0.15, 0.2) is 0 Å². The molecule has 0 aromatic carbocycles. The molecule has 0 aliphatic heterocycles. The Kier molecular flexibility index (Phi) is 4.09. The highest BCUT2D eigenvalue weighted by molar-refractivity contribution is 7.17. The third-order valence-electron chi connectivity index (χ3n) is 2.03. The maximum absolute atomic E-state index is 10.2. The molecule has 0 bridgehead atoms. The van der Waals surface area contributed by atoms with Gasteiger partial charge in [0.1, 0.15) is 0 Å². The summed E-state index contributed by atoms with van der Waals surface area (Å²) in [6, 6.07) is 0. The van der Waals surface area contributed by atoms with Crippen LogP contribution in [0.1, 0.15) is 25.7 Å². The van der Waals surface area contributed by atoms with Crippen molar-refractivity contribution in [2.45, 2.75) is 31.5 Å². The minimum atomic E-state index is -0.557. The molecule has 0 unspecified atom stereocenters. The van der Waals surface area contributed by atoms with Crippen molar-refractivity contribution < 1.29 is 13.8 Å². The summed E-state index contributed by atoms with van der Waals surface area (Å²) in [5.74, 6) is -0.557. The SMILES string of the molecule is NCCCOC1(OP=O)CCC1. The van der Waals surface area contributed by atoms with Gasteiger partial charge >= 0.3 is 8.69 Å². The van der Waals surface area contributed by atoms with Gasteiger partial charge in [-0.1, -0.05) is 0 Å². The van der Waals surface area contributed by atoms with E-state index < -0.39 is 5.79 Å². The predicted octanol–water partition coefficient (Wildman–Crippen LogP) is 1.46. The first-order valence-electron chi connectivity index (χ1n) is 4.18. The molecule has 0 spiro atoms. The average Bonchev–Trinajstić information content (AvgIpc) is 2.00. The number of nitrogens with two attached hydrogens (primary N) is 1. The number of rotatable bonds is 6. The molecule has 1 aliphatic rings. The molecule has 1 fully saturated rings. The van der Waals surface area contributed by atoms with Crippen LogP contribution in [0, 0.1) is 0 Å². The molecular weight excluding hydrogens is 177 g/mol. The molecule has 1 aliphatic carbocycles. The van der Waals surface area contributed by atoms with Gasteiger partial charge in [0.15, 0.2) is 5.79 Å². The third-order valence-corrected chi connectivity index (χ3v) is 2.44. The number of hydrogen-bond acceptors (Lipinski definition) is 4. The van der Waals surface area contributed by atoms with Gasteiger partial charge in [-0.3, -0.25) is 4.52 Å². The first kappa shape index (κ1) is 10.1. The second-order valence-electron chi connectivity index (χ2n) is 2.92. The zero-order chi connectivity index (χ0) is 8.86. The molecule has 0 heterocycles. The maximum Gasteiger partial charge on any atom is 0.330 e. The smallest absolute Gasteiger partial charge is 0.330 e. The summed E-state index contributed by atoms with van der Waals surface area (Å²) in [5, 5.41) is 0. The molecule has 0 saturated heterocycles. The highest BCUT2D eigenvalue weighted by Gasteiger charge is 2.39. The van der Waals surface area contributed by atoms with Crippen molar-refractivity contribution in [2.24, 2.45) is 5.73 Å². The predicted molar refractivity (Wildman–Crippen MR) is 44.9 cm³/mol. The Bertz CT molecular complexity index is 150. The van der Waals surface area contributed by atoms with Gasteiger partial charge in [-0.05, 0) is 19.4 Å². The van der Waals surface area contributed by atoms with Crippen LogP contribution in [0.4, 0.5) is 0 Å². The molecule has 70 valence electrons. The van der Waals surface area contributed by atoms with Gasteiger partial charge in [0, 0.05) is 12.8 Å². The molecule has 0 atom stereocenters. The summed E-state index contributed by atoms with van der Waals surface area (Å²) in [5.41, 5.74) is 5.31. The molecule has 12 heavy (non-hydrogen) atoms. The molecule has 2 N–H and O–H groups in total. The van der Waals surface area contributed by atoms with E-state index in [0.29, 0.717) is 13.2 Å². The first-order valence-corrected chi connectivity index (χ1v) is 4.91. The highest BCUT2D eigenvalue weighted by Crippen LogP contribution is 2.39. The molecule has 4 nitrogen and oxygen atoms in total. The van der Waals surface area contributed by atoms with Gasteiger partial charge in [-0.25, -0.2) is 4.57 Å². The molecular formula is C7H14NO3P. The molecule has 1 saturated carbocycles. The Balaban J connectivity index is 2.19. The van der Waals surface area contributed by atoms with E-state index in [0.717, 1.165) is 25.7 Å². The molecule has 0 aromatic heterocycles. The van der Waals surface area contributed by atoms with Gasteiger partial charge < -0.3 is 10.5 Å². The van der Waals surface area contributed by atoms with Crippen LogP contribution < -0.4 is 5.73 Å². The second kappa shape index (κ2) is 4.87. The molecule has 5 heteroatoms. The average molecular weight is 191 g/mol. The lowest BCUT2D eigenvalue weighted by Crippen LogP contribution is -2.41. The summed E-state index contributed by atoms with van der Waals surface area (Å²) < 4.78 is 20.6. The van der Waals surface area contributed by atoms with Crippen LogP contribution in [0.5, 0.6) is 0 Å². The molecule has 0 radical (unpaired) electrons. The van der Waals surface area contributed by atoms with Gasteiger partial charge in [0.2, 0.25) is 0 Å². The zero-order valence-electron chi connectivity index (χ0n) is 6.99. The van der Waals surface area contributed by atoms with Crippen molar-refractivity contribution in [3.63, 3.8) is 0 Å². The lowest BCUT2D eigenvalue weighted by atomic mass is 9.91. The summed E-state index contributed by atoms with van der Waals surface area (Å²) in [4.78, 5) is 0. The van der Waals surface area contributed by atoms with Gasteiger partial charge in [-0.2, -0.15) is 0 Å². The normalized spacial score (nSPS) is 20.8. The van der Waals surface area contributed by atoms with Crippen molar-refractivity contribution in [2.75, 3.05) is 13.2 Å². The fraction of sp³-hybridized carbons (Fsp3) is 1.00. The maximum atomic E-state index is 10.2. The van der Waals surface area contributed by atoms with Crippen molar-refractivity contribution in [3.05, 3.63) is 0 Å². The van der Waals surface area contributed by atoms with E-state index in [-0.39, 0.29) is 8.69 Å². The van der Waals surface area contributed by atoms with Crippen molar-refractivity contribution >= 4 is 8.69 Å². The Labute approximate surface area is 73.7 Å². The standard InChI is InChI=1S/C7H14NO3P/c8-5-2-6-10-7(11-12-9)3-1-4-7/h1-6,8H2. The van der Waals surface area contributed by atoms with Gasteiger partial charge in [-0.15, -0.1) is 0 Å². The van der Waals surface area contributed by atoms with Crippen LogP contribution in [0.2, 0.25) is 0 Å². The largest absolute Gasteiger partial charge is 0.349 e. The molecule has 1 rings (SSSR count). The number of ether oxygens (including phenoxy) is 1. The summed E-state index contributed by atoms with van der Waals surface area (Å²) in [7, 11) is -0.295. The Morgan fingerprint density at radius 1 is 1.50 bits per heavy atom. The van der Waals surface area contributed by atoms with E-state index in [1.807, 2.05) is 0 Å². The van der Waals surface area contributed by atoms with Crippen molar-refractivity contribution in [1.82, 2.24) is 0 Å².